The van der Waals surface area contributed by atoms with Gasteiger partial charge in [-0.2, -0.15) is 5.26 Å². The summed E-state index contributed by atoms with van der Waals surface area (Å²) < 4.78 is 23.5. The van der Waals surface area contributed by atoms with E-state index < -0.39 is 11.9 Å². The van der Waals surface area contributed by atoms with Crippen molar-refractivity contribution in [2.75, 3.05) is 7.11 Å². The average molecular weight is 531 g/mol. The van der Waals surface area contributed by atoms with Gasteiger partial charge in [-0.15, -0.1) is 0 Å². The number of nitrogens with zero attached hydrogens (tertiary/aromatic N) is 1. The molecule has 1 aliphatic rings. The molecule has 0 amide bonds. The Kier molecular flexibility index (Phi) is 5.71. The molecule has 174 valence electrons. The molecule has 1 aliphatic heterocycles. The molecule has 1 aromatic heterocycles. The van der Waals surface area contributed by atoms with E-state index in [0.29, 0.717) is 28.2 Å². The average Bonchev–Trinajstić information content (AvgIpc) is 3.18. The lowest BCUT2D eigenvalue weighted by Gasteiger charge is -2.27. The van der Waals surface area contributed by atoms with Crippen LogP contribution in [0.5, 0.6) is 17.2 Å². The molecule has 0 saturated heterocycles. The number of halogens is 1. The van der Waals surface area contributed by atoms with Gasteiger partial charge >= 0.3 is 5.97 Å². The number of esters is 1. The van der Waals surface area contributed by atoms with Crippen LogP contribution in [0, 0.1) is 18.3 Å². The highest BCUT2D eigenvalue weighted by Gasteiger charge is 2.33. The van der Waals surface area contributed by atoms with Crippen molar-refractivity contribution in [1.82, 2.24) is 0 Å². The smallest absolute Gasteiger partial charge is 0.379 e. The summed E-state index contributed by atoms with van der Waals surface area (Å²) in [5, 5.41) is 10.6. The molecule has 2 N–H and O–H groups in total. The van der Waals surface area contributed by atoms with Gasteiger partial charge in [-0.3, -0.25) is 0 Å². The number of fused-ring (bicyclic) bond motifs is 2. The quantitative estimate of drug-likeness (QED) is 0.256. The van der Waals surface area contributed by atoms with Gasteiger partial charge in [0.25, 0.3) is 0 Å². The van der Waals surface area contributed by atoms with E-state index in [1.165, 1.54) is 0 Å². The maximum absolute atomic E-state index is 12.9. The van der Waals surface area contributed by atoms with E-state index in [1.807, 2.05) is 36.4 Å². The van der Waals surface area contributed by atoms with Gasteiger partial charge in [-0.05, 0) is 37.3 Å². The number of carbonyl (C=O) groups is 1. The molecule has 0 spiro atoms. The Bertz CT molecular complexity index is 1560. The molecule has 0 aliphatic carbocycles. The molecule has 8 heteroatoms. The van der Waals surface area contributed by atoms with E-state index in [0.717, 1.165) is 15.4 Å². The fourth-order valence-corrected chi connectivity index (χ4v) is 4.61. The number of allylic oxidation sites excluding steroid dienone is 1. The highest BCUT2D eigenvalue weighted by atomic mass is 79.9. The minimum atomic E-state index is -0.631. The van der Waals surface area contributed by atoms with Crippen LogP contribution in [0.3, 0.4) is 0 Å². The van der Waals surface area contributed by atoms with Crippen molar-refractivity contribution in [2.45, 2.75) is 12.8 Å². The Balaban J connectivity index is 1.51. The highest BCUT2D eigenvalue weighted by Crippen LogP contribution is 2.45. The zero-order chi connectivity index (χ0) is 24.7. The number of nitrogens with two attached hydrogens (primary N) is 1. The first-order valence-electron chi connectivity index (χ1n) is 10.7. The number of hydrogen-bond acceptors (Lipinski definition) is 7. The molecular weight excluding hydrogens is 512 g/mol. The van der Waals surface area contributed by atoms with Crippen LogP contribution in [0.2, 0.25) is 0 Å². The third kappa shape index (κ3) is 3.90. The normalized spacial score (nSPS) is 14.7. The summed E-state index contributed by atoms with van der Waals surface area (Å²) in [7, 11) is 1.57. The molecule has 0 saturated carbocycles. The Morgan fingerprint density at radius 1 is 1.11 bits per heavy atom. The summed E-state index contributed by atoms with van der Waals surface area (Å²) in [6, 6.07) is 20.1. The largest absolute Gasteiger partial charge is 0.496 e. The van der Waals surface area contributed by atoms with Crippen LogP contribution in [0.1, 0.15) is 33.2 Å². The number of nitriles is 1. The van der Waals surface area contributed by atoms with E-state index in [4.69, 9.17) is 24.4 Å². The van der Waals surface area contributed by atoms with Crippen molar-refractivity contribution in [2.24, 2.45) is 5.73 Å². The molecule has 0 radical (unpaired) electrons. The first-order valence-corrected chi connectivity index (χ1v) is 11.5. The third-order valence-electron chi connectivity index (χ3n) is 5.94. The van der Waals surface area contributed by atoms with Crippen molar-refractivity contribution < 1.29 is 23.4 Å². The van der Waals surface area contributed by atoms with Crippen LogP contribution in [0.25, 0.3) is 11.0 Å². The Hall–Kier alpha value is -4.22. The van der Waals surface area contributed by atoms with Crippen LogP contribution in [0.15, 0.2) is 81.0 Å². The summed E-state index contributed by atoms with van der Waals surface area (Å²) >= 11 is 3.40. The van der Waals surface area contributed by atoms with Crippen molar-refractivity contribution in [3.63, 3.8) is 0 Å². The van der Waals surface area contributed by atoms with Gasteiger partial charge in [0.1, 0.15) is 34.5 Å². The van der Waals surface area contributed by atoms with E-state index in [1.54, 1.807) is 38.3 Å². The number of carbonyl (C=O) groups excluding carboxylic acids is 1. The molecule has 2 heterocycles. The molecular formula is C27H19BrN2O5. The van der Waals surface area contributed by atoms with Crippen LogP contribution in [-0.2, 0) is 0 Å². The number of ether oxygens (including phenoxy) is 3. The fourth-order valence-electron chi connectivity index (χ4n) is 4.27. The summed E-state index contributed by atoms with van der Waals surface area (Å²) in [4.78, 5) is 12.9. The van der Waals surface area contributed by atoms with E-state index >= 15 is 0 Å². The van der Waals surface area contributed by atoms with Gasteiger partial charge < -0.3 is 24.4 Å². The van der Waals surface area contributed by atoms with E-state index in [9.17, 15) is 10.1 Å². The highest BCUT2D eigenvalue weighted by molar-refractivity contribution is 9.10. The molecule has 35 heavy (non-hydrogen) atoms. The minimum Gasteiger partial charge on any atom is -0.496 e. The van der Waals surface area contributed by atoms with Gasteiger partial charge in [0.15, 0.2) is 0 Å². The lowest BCUT2D eigenvalue weighted by atomic mass is 9.83. The lowest BCUT2D eigenvalue weighted by molar-refractivity contribution is 0.0702. The first kappa shape index (κ1) is 22.6. The molecule has 7 nitrogen and oxygen atoms in total. The Labute approximate surface area is 209 Å². The van der Waals surface area contributed by atoms with E-state index in [2.05, 4.69) is 22.0 Å². The minimum absolute atomic E-state index is 0.0157. The number of aryl methyl sites for hydroxylation is 1. The number of methoxy groups -OCH3 is 1. The Morgan fingerprint density at radius 2 is 1.91 bits per heavy atom. The predicted molar refractivity (Wildman–Crippen MR) is 132 cm³/mol. The van der Waals surface area contributed by atoms with Crippen LogP contribution >= 0.6 is 15.9 Å². The number of para-hydroxylation sites is 1. The second-order valence-electron chi connectivity index (χ2n) is 7.95. The third-order valence-corrected chi connectivity index (χ3v) is 6.43. The number of rotatable bonds is 4. The standard InChI is InChI=1S/C27H19BrN2O5/c1-14-17-9-7-15(28)11-22(17)34-25(14)27(31)33-16-8-10-19-23(12-16)35-26(30)20(13-29)24(19)18-5-3-4-6-21(18)32-2/h3-12,24H,30H2,1-2H3. The molecule has 1 unspecified atom stereocenters. The van der Waals surface area contributed by atoms with Crippen LogP contribution < -0.4 is 19.9 Å². The maximum atomic E-state index is 12.9. The second kappa shape index (κ2) is 8.85. The van der Waals surface area contributed by atoms with Crippen LogP contribution in [0.4, 0.5) is 0 Å². The van der Waals surface area contributed by atoms with Gasteiger partial charge in [0.05, 0.1) is 13.0 Å². The van der Waals surface area contributed by atoms with Crippen molar-refractivity contribution in [3.8, 4) is 23.3 Å². The molecule has 4 aromatic rings. The first-order chi connectivity index (χ1) is 16.9. The molecule has 0 bridgehead atoms. The topological polar surface area (TPSA) is 108 Å². The molecule has 1 atom stereocenters. The molecule has 5 rings (SSSR count). The van der Waals surface area contributed by atoms with Gasteiger partial charge in [0, 0.05) is 32.6 Å². The van der Waals surface area contributed by atoms with Gasteiger partial charge in [0.2, 0.25) is 11.6 Å². The SMILES string of the molecule is COc1ccccc1C1C(C#N)=C(N)Oc2cc(OC(=O)c3oc4cc(Br)ccc4c3C)ccc21. The zero-order valence-electron chi connectivity index (χ0n) is 18.8. The van der Waals surface area contributed by atoms with Crippen molar-refractivity contribution in [1.29, 1.82) is 5.26 Å². The van der Waals surface area contributed by atoms with Crippen molar-refractivity contribution in [3.05, 3.63) is 99.0 Å². The zero-order valence-corrected chi connectivity index (χ0v) is 20.4. The summed E-state index contributed by atoms with van der Waals surface area (Å²) in [5.74, 6) is 0.227. The number of benzene rings is 3. The van der Waals surface area contributed by atoms with Gasteiger partial charge in [-0.1, -0.05) is 40.2 Å². The monoisotopic (exact) mass is 530 g/mol. The number of furan rings is 1. The molecule has 0 fully saturated rings. The lowest BCUT2D eigenvalue weighted by Crippen LogP contribution is -2.21. The van der Waals surface area contributed by atoms with Gasteiger partial charge in [-0.25, -0.2) is 4.79 Å². The Morgan fingerprint density at radius 3 is 2.69 bits per heavy atom. The number of hydrogen-bond donors (Lipinski definition) is 1. The van der Waals surface area contributed by atoms with Crippen molar-refractivity contribution >= 4 is 32.9 Å². The second-order valence-corrected chi connectivity index (χ2v) is 8.87. The summed E-state index contributed by atoms with van der Waals surface area (Å²) in [6.45, 7) is 1.80. The fraction of sp³-hybridized carbons (Fsp3) is 0.111. The maximum Gasteiger partial charge on any atom is 0.379 e. The molecule has 3 aromatic carbocycles. The van der Waals surface area contributed by atoms with Crippen LogP contribution in [-0.4, -0.2) is 13.1 Å². The predicted octanol–water partition coefficient (Wildman–Crippen LogP) is 5.95. The summed E-state index contributed by atoms with van der Waals surface area (Å²) in [5.41, 5.74) is 9.12. The summed E-state index contributed by atoms with van der Waals surface area (Å²) in [6.07, 6.45) is 0. The van der Waals surface area contributed by atoms with E-state index in [-0.39, 0.29) is 23.0 Å².